The summed E-state index contributed by atoms with van der Waals surface area (Å²) >= 11 is 5.96. The van der Waals surface area contributed by atoms with E-state index in [0.717, 1.165) is 42.8 Å². The van der Waals surface area contributed by atoms with Gasteiger partial charge in [0.25, 0.3) is 0 Å². The first-order valence-electron chi connectivity index (χ1n) is 7.43. The largest absolute Gasteiger partial charge is 0.327 e. The fourth-order valence-electron chi connectivity index (χ4n) is 2.39. The second-order valence-electron chi connectivity index (χ2n) is 5.73. The number of hydrogen-bond donors (Lipinski definition) is 0. The van der Waals surface area contributed by atoms with Crippen molar-refractivity contribution in [1.29, 1.82) is 0 Å². The summed E-state index contributed by atoms with van der Waals surface area (Å²) in [7, 11) is 2.14. The van der Waals surface area contributed by atoms with Crippen molar-refractivity contribution in [3.05, 3.63) is 29.8 Å². The lowest BCUT2D eigenvalue weighted by Crippen LogP contribution is -2.27. The van der Waals surface area contributed by atoms with Gasteiger partial charge in [-0.3, -0.25) is 0 Å². The van der Waals surface area contributed by atoms with Crippen LogP contribution in [-0.4, -0.2) is 34.1 Å². The first-order valence-corrected chi connectivity index (χ1v) is 7.97. The predicted octanol–water partition coefficient (Wildman–Crippen LogP) is 4.03. The van der Waals surface area contributed by atoms with Gasteiger partial charge in [0.1, 0.15) is 11.6 Å². The van der Waals surface area contributed by atoms with Crippen LogP contribution in [-0.2, 0) is 12.4 Å². The quantitative estimate of drug-likeness (QED) is 0.568. The third-order valence-electron chi connectivity index (χ3n) is 3.93. The Morgan fingerprint density at radius 1 is 1.33 bits per heavy atom. The highest BCUT2D eigenvalue weighted by Gasteiger charge is 2.11. The van der Waals surface area contributed by atoms with E-state index in [1.54, 1.807) is 12.1 Å². The van der Waals surface area contributed by atoms with E-state index in [9.17, 15) is 4.39 Å². The summed E-state index contributed by atoms with van der Waals surface area (Å²) in [5.74, 6) is 0.932. The normalized spacial score (nSPS) is 12.0. The van der Waals surface area contributed by atoms with Gasteiger partial charge in [0.15, 0.2) is 0 Å². The van der Waals surface area contributed by atoms with Gasteiger partial charge in [-0.05, 0) is 58.5 Å². The minimum absolute atomic E-state index is 0.232. The van der Waals surface area contributed by atoms with Crippen LogP contribution >= 0.6 is 11.6 Å². The molecule has 0 bridgehead atoms. The molecule has 1 heterocycles. The van der Waals surface area contributed by atoms with Crippen LogP contribution in [0, 0.1) is 5.82 Å². The van der Waals surface area contributed by atoms with Crippen molar-refractivity contribution in [2.24, 2.45) is 0 Å². The maximum atomic E-state index is 13.4. The molecule has 0 N–H and O–H groups in total. The highest BCUT2D eigenvalue weighted by atomic mass is 35.5. The lowest BCUT2D eigenvalue weighted by Gasteiger charge is -2.20. The zero-order valence-corrected chi connectivity index (χ0v) is 13.7. The molecule has 0 aliphatic rings. The summed E-state index contributed by atoms with van der Waals surface area (Å²) in [6.07, 6.45) is 2.13. The molecule has 3 nitrogen and oxygen atoms in total. The third kappa shape index (κ3) is 3.95. The Morgan fingerprint density at radius 2 is 2.10 bits per heavy atom. The number of hydrogen-bond acceptors (Lipinski definition) is 2. The van der Waals surface area contributed by atoms with Crippen molar-refractivity contribution in [3.63, 3.8) is 0 Å². The Bertz CT molecular complexity index is 594. The van der Waals surface area contributed by atoms with Crippen molar-refractivity contribution >= 4 is 22.6 Å². The smallest absolute Gasteiger partial charge is 0.125 e. The van der Waals surface area contributed by atoms with Crippen molar-refractivity contribution in [1.82, 2.24) is 14.5 Å². The fourth-order valence-corrected chi connectivity index (χ4v) is 2.59. The van der Waals surface area contributed by atoms with E-state index < -0.39 is 0 Å². The van der Waals surface area contributed by atoms with E-state index in [-0.39, 0.29) is 5.82 Å². The Hall–Kier alpha value is -1.13. The zero-order chi connectivity index (χ0) is 15.4. The predicted molar refractivity (Wildman–Crippen MR) is 86.2 cm³/mol. The van der Waals surface area contributed by atoms with Gasteiger partial charge in [-0.15, -0.1) is 11.6 Å². The van der Waals surface area contributed by atoms with Crippen molar-refractivity contribution in [3.8, 4) is 0 Å². The number of alkyl halides is 1. The molecule has 0 spiro atoms. The molecule has 5 heteroatoms. The van der Waals surface area contributed by atoms with Gasteiger partial charge in [-0.1, -0.05) is 0 Å². The third-order valence-corrected chi connectivity index (χ3v) is 4.17. The lowest BCUT2D eigenvalue weighted by atomic mass is 10.2. The van der Waals surface area contributed by atoms with Crippen LogP contribution < -0.4 is 0 Å². The summed E-state index contributed by atoms with van der Waals surface area (Å²) in [5, 5.41) is 0. The Morgan fingerprint density at radius 3 is 2.76 bits per heavy atom. The number of aryl methyl sites for hydroxylation is 1. The maximum absolute atomic E-state index is 13.4. The number of aromatic nitrogens is 2. The number of imidazole rings is 1. The molecule has 0 aliphatic carbocycles. The van der Waals surface area contributed by atoms with E-state index in [0.29, 0.717) is 11.9 Å². The molecule has 0 amide bonds. The summed E-state index contributed by atoms with van der Waals surface area (Å²) in [4.78, 5) is 6.80. The van der Waals surface area contributed by atoms with Crippen LogP contribution in [0.1, 0.15) is 32.5 Å². The van der Waals surface area contributed by atoms with E-state index >= 15 is 0 Å². The van der Waals surface area contributed by atoms with Crippen LogP contribution in [0.5, 0.6) is 0 Å². The molecule has 0 fully saturated rings. The first kappa shape index (κ1) is 16.2. The number of fused-ring (bicyclic) bond motifs is 1. The number of halogens is 2. The molecule has 0 radical (unpaired) electrons. The minimum atomic E-state index is -0.232. The maximum Gasteiger partial charge on any atom is 0.125 e. The van der Waals surface area contributed by atoms with Gasteiger partial charge in [0.2, 0.25) is 0 Å². The highest BCUT2D eigenvalue weighted by Crippen LogP contribution is 2.19. The summed E-state index contributed by atoms with van der Waals surface area (Å²) in [6.45, 7) is 6.28. The van der Waals surface area contributed by atoms with Gasteiger partial charge >= 0.3 is 0 Å². The van der Waals surface area contributed by atoms with Gasteiger partial charge in [-0.2, -0.15) is 0 Å². The summed E-state index contributed by atoms with van der Waals surface area (Å²) < 4.78 is 15.5. The van der Waals surface area contributed by atoms with Crippen molar-refractivity contribution in [2.45, 2.75) is 45.2 Å². The molecule has 1 aromatic heterocycles. The minimum Gasteiger partial charge on any atom is -0.327 e. The number of rotatable bonds is 7. The number of nitrogens with zero attached hydrogens (tertiary/aromatic N) is 3. The molecular weight excluding hydrogens is 289 g/mol. The summed E-state index contributed by atoms with van der Waals surface area (Å²) in [5.41, 5.74) is 1.65. The SMILES string of the molecule is CC(C)N(C)CCCCn1c(CCl)nc2ccc(F)cc21. The molecule has 1 aromatic carbocycles. The number of unbranched alkanes of at least 4 members (excludes halogenated alkanes) is 1. The number of benzene rings is 1. The van der Waals surface area contributed by atoms with E-state index in [1.807, 2.05) is 4.57 Å². The first-order chi connectivity index (χ1) is 10.0. The monoisotopic (exact) mass is 311 g/mol. The van der Waals surface area contributed by atoms with E-state index in [4.69, 9.17) is 11.6 Å². The van der Waals surface area contributed by atoms with Crippen LogP contribution in [0.25, 0.3) is 11.0 Å². The van der Waals surface area contributed by atoms with Crippen molar-refractivity contribution in [2.75, 3.05) is 13.6 Å². The standard InChI is InChI=1S/C16H23ClFN3/c1-12(2)20(3)8-4-5-9-21-15-10-13(18)6-7-14(15)19-16(21)11-17/h6-7,10,12H,4-5,8-9,11H2,1-3H3. The topological polar surface area (TPSA) is 21.1 Å². The van der Waals surface area contributed by atoms with Crippen LogP contribution in [0.3, 0.4) is 0 Å². The molecule has 116 valence electrons. The van der Waals surface area contributed by atoms with Crippen LogP contribution in [0.15, 0.2) is 18.2 Å². The molecule has 0 saturated heterocycles. The molecular formula is C16H23ClFN3. The summed E-state index contributed by atoms with van der Waals surface area (Å²) in [6, 6.07) is 5.25. The van der Waals surface area contributed by atoms with Gasteiger partial charge < -0.3 is 9.47 Å². The Kier molecular flexibility index (Phi) is 5.59. The van der Waals surface area contributed by atoms with Crippen LogP contribution in [0.4, 0.5) is 4.39 Å². The van der Waals surface area contributed by atoms with Gasteiger partial charge in [0, 0.05) is 12.6 Å². The van der Waals surface area contributed by atoms with Gasteiger partial charge in [-0.25, -0.2) is 9.37 Å². The Labute approximate surface area is 130 Å². The Balaban J connectivity index is 2.05. The average Bonchev–Trinajstić information content (AvgIpc) is 2.80. The second kappa shape index (κ2) is 7.23. The molecule has 0 aliphatic heterocycles. The van der Waals surface area contributed by atoms with Gasteiger partial charge in [0.05, 0.1) is 16.9 Å². The highest BCUT2D eigenvalue weighted by molar-refractivity contribution is 6.16. The van der Waals surface area contributed by atoms with Crippen molar-refractivity contribution < 1.29 is 4.39 Å². The molecule has 0 unspecified atom stereocenters. The fraction of sp³-hybridized carbons (Fsp3) is 0.562. The van der Waals surface area contributed by atoms with E-state index in [2.05, 4.69) is 30.8 Å². The lowest BCUT2D eigenvalue weighted by molar-refractivity contribution is 0.266. The molecule has 0 atom stereocenters. The second-order valence-corrected chi connectivity index (χ2v) is 6.00. The zero-order valence-electron chi connectivity index (χ0n) is 12.9. The molecule has 21 heavy (non-hydrogen) atoms. The van der Waals surface area contributed by atoms with E-state index in [1.165, 1.54) is 6.07 Å². The average molecular weight is 312 g/mol. The molecule has 2 aromatic rings. The van der Waals surface area contributed by atoms with Crippen LogP contribution in [0.2, 0.25) is 0 Å². The molecule has 2 rings (SSSR count). The molecule has 0 saturated carbocycles.